The minimum atomic E-state index is -0.655. The summed E-state index contributed by atoms with van der Waals surface area (Å²) in [6.45, 7) is 1.88. The lowest BCUT2D eigenvalue weighted by atomic mass is 10.3. The van der Waals surface area contributed by atoms with Gasteiger partial charge in [0.05, 0.1) is 30.6 Å². The van der Waals surface area contributed by atoms with Gasteiger partial charge in [-0.1, -0.05) is 18.2 Å². The highest BCUT2D eigenvalue weighted by molar-refractivity contribution is 8.19. The molecule has 1 aliphatic rings. The smallest absolute Gasteiger partial charge is 0.358 e. The molecule has 0 radical (unpaired) electrons. The molecule has 1 N–H and O–H groups in total. The summed E-state index contributed by atoms with van der Waals surface area (Å²) in [5, 5.41) is 0.240. The summed E-state index contributed by atoms with van der Waals surface area (Å²) in [4.78, 5) is 49.0. The van der Waals surface area contributed by atoms with E-state index < -0.39 is 17.8 Å². The van der Waals surface area contributed by atoms with Gasteiger partial charge < -0.3 is 14.5 Å². The number of para-hydroxylation sites is 1. The van der Waals surface area contributed by atoms with Gasteiger partial charge in [0.2, 0.25) is 0 Å². The van der Waals surface area contributed by atoms with Crippen molar-refractivity contribution in [2.24, 2.45) is 4.99 Å². The molecule has 144 valence electrons. The van der Waals surface area contributed by atoms with Crippen molar-refractivity contribution in [3.05, 3.63) is 53.3 Å². The number of amidine groups is 1. The molecular weight excluding hydrogens is 384 g/mol. The molecule has 3 rings (SSSR count). The number of nitrogens with zero attached hydrogens (tertiary/aromatic N) is 3. The van der Waals surface area contributed by atoms with E-state index in [-0.39, 0.29) is 28.2 Å². The van der Waals surface area contributed by atoms with Crippen LogP contribution in [0.3, 0.4) is 0 Å². The molecule has 1 fully saturated rings. The topological polar surface area (TPSA) is 114 Å². The number of benzene rings is 1. The van der Waals surface area contributed by atoms with Crippen molar-refractivity contribution in [2.45, 2.75) is 6.92 Å². The van der Waals surface area contributed by atoms with Gasteiger partial charge in [0.15, 0.2) is 16.7 Å². The third-order valence-corrected chi connectivity index (χ3v) is 4.54. The van der Waals surface area contributed by atoms with Crippen LogP contribution in [0.4, 0.5) is 11.5 Å². The van der Waals surface area contributed by atoms with E-state index in [0.717, 1.165) is 17.8 Å². The van der Waals surface area contributed by atoms with Crippen LogP contribution in [0.1, 0.15) is 17.4 Å². The highest BCUT2D eigenvalue weighted by Crippen LogP contribution is 2.36. The number of H-pyrrole nitrogens is 1. The van der Waals surface area contributed by atoms with Crippen molar-refractivity contribution in [1.82, 2.24) is 9.97 Å². The molecule has 1 aromatic carbocycles. The number of aromatic nitrogens is 2. The number of hydrogen-bond acceptors (Lipinski definition) is 8. The quantitative estimate of drug-likeness (QED) is 0.605. The predicted octanol–water partition coefficient (Wildman–Crippen LogP) is 2.41. The molecule has 2 heterocycles. The van der Waals surface area contributed by atoms with Crippen LogP contribution in [-0.4, -0.2) is 46.7 Å². The molecule has 28 heavy (non-hydrogen) atoms. The van der Waals surface area contributed by atoms with Gasteiger partial charge in [0.25, 0.3) is 5.91 Å². The first-order valence-electron chi connectivity index (χ1n) is 8.21. The first kappa shape index (κ1) is 19.4. The highest BCUT2D eigenvalue weighted by Gasteiger charge is 2.36. The summed E-state index contributed by atoms with van der Waals surface area (Å²) in [6.07, 6.45) is 2.41. The van der Waals surface area contributed by atoms with Crippen LogP contribution in [0.5, 0.6) is 0 Å². The van der Waals surface area contributed by atoms with Crippen LogP contribution < -0.4 is 4.90 Å². The Hall–Kier alpha value is -3.40. The van der Waals surface area contributed by atoms with E-state index in [1.54, 1.807) is 31.2 Å². The summed E-state index contributed by atoms with van der Waals surface area (Å²) >= 11 is 0.978. The van der Waals surface area contributed by atoms with E-state index in [1.807, 2.05) is 6.07 Å². The number of carbonyl (C=O) groups excluding carboxylic acids is 3. The zero-order valence-corrected chi connectivity index (χ0v) is 15.9. The average molecular weight is 400 g/mol. The molecule has 0 unspecified atom stereocenters. The van der Waals surface area contributed by atoms with Crippen molar-refractivity contribution in [3.63, 3.8) is 0 Å². The predicted molar refractivity (Wildman–Crippen MR) is 103 cm³/mol. The number of aliphatic imine (C=N–C) groups is 1. The lowest BCUT2D eigenvalue weighted by Gasteiger charge is -2.15. The molecule has 0 spiro atoms. The zero-order valence-electron chi connectivity index (χ0n) is 15.0. The summed E-state index contributed by atoms with van der Waals surface area (Å²) in [6, 6.07) is 8.81. The van der Waals surface area contributed by atoms with E-state index in [9.17, 15) is 14.4 Å². The number of anilines is 1. The second kappa shape index (κ2) is 8.53. The average Bonchev–Trinajstić information content (AvgIpc) is 3.27. The molecular formula is C18H16N4O5S. The van der Waals surface area contributed by atoms with Gasteiger partial charge in [-0.15, -0.1) is 0 Å². The third-order valence-electron chi connectivity index (χ3n) is 3.57. The highest BCUT2D eigenvalue weighted by atomic mass is 32.2. The van der Waals surface area contributed by atoms with E-state index in [1.165, 1.54) is 18.3 Å². The Labute approximate surface area is 164 Å². The van der Waals surface area contributed by atoms with E-state index in [0.29, 0.717) is 5.69 Å². The van der Waals surface area contributed by atoms with E-state index in [2.05, 4.69) is 19.7 Å². The van der Waals surface area contributed by atoms with Crippen molar-refractivity contribution in [3.8, 4) is 0 Å². The van der Waals surface area contributed by atoms with Gasteiger partial charge >= 0.3 is 11.9 Å². The van der Waals surface area contributed by atoms with Crippen LogP contribution in [-0.2, 0) is 19.1 Å². The molecule has 0 aliphatic carbocycles. The summed E-state index contributed by atoms with van der Waals surface area (Å²) in [7, 11) is 1.22. The second-order valence-corrected chi connectivity index (χ2v) is 6.34. The number of imidazole rings is 1. The fourth-order valence-electron chi connectivity index (χ4n) is 2.34. The van der Waals surface area contributed by atoms with Crippen LogP contribution in [0.2, 0.25) is 0 Å². The number of rotatable bonds is 5. The molecule has 1 aliphatic heterocycles. The standard InChI is InChI=1S/C18H16N4O5S/c1-3-27-17(25)14-15(20-10-19-14)21-18-22(11-7-5-4-6-8-11)16(24)12(28-18)9-13(23)26-2/h4-10H,3H2,1-2H3,(H,19,20). The SMILES string of the molecule is CCOC(=O)c1[nH]cnc1N=C1SC(=CC(=O)OC)C(=O)N1c1ccccc1. The van der Waals surface area contributed by atoms with Crippen molar-refractivity contribution in [1.29, 1.82) is 0 Å². The van der Waals surface area contributed by atoms with E-state index >= 15 is 0 Å². The Kier molecular flexibility index (Phi) is 5.90. The Morgan fingerprint density at radius 2 is 2.07 bits per heavy atom. The molecule has 1 aromatic heterocycles. The van der Waals surface area contributed by atoms with Gasteiger partial charge in [-0.2, -0.15) is 0 Å². The van der Waals surface area contributed by atoms with E-state index in [4.69, 9.17) is 4.74 Å². The molecule has 1 amide bonds. The lowest BCUT2D eigenvalue weighted by Crippen LogP contribution is -2.28. The molecule has 0 saturated carbocycles. The maximum Gasteiger partial charge on any atom is 0.358 e. The fraction of sp³-hybridized carbons (Fsp3) is 0.167. The van der Waals surface area contributed by atoms with Gasteiger partial charge in [-0.3, -0.25) is 9.69 Å². The van der Waals surface area contributed by atoms with Crippen molar-refractivity contribution >= 4 is 46.3 Å². The first-order chi connectivity index (χ1) is 13.5. The van der Waals surface area contributed by atoms with Crippen molar-refractivity contribution < 1.29 is 23.9 Å². The van der Waals surface area contributed by atoms with Gasteiger partial charge in [-0.25, -0.2) is 19.6 Å². The number of hydrogen-bond donors (Lipinski definition) is 1. The summed E-state index contributed by atoms with van der Waals surface area (Å²) in [5.74, 6) is -1.62. The number of carbonyl (C=O) groups is 3. The fourth-order valence-corrected chi connectivity index (χ4v) is 3.28. The molecule has 1 saturated heterocycles. The number of thioether (sulfide) groups is 1. The van der Waals surface area contributed by atoms with Crippen LogP contribution in [0.15, 0.2) is 52.6 Å². The monoisotopic (exact) mass is 400 g/mol. The molecule has 9 nitrogen and oxygen atoms in total. The minimum Gasteiger partial charge on any atom is -0.466 e. The Morgan fingerprint density at radius 1 is 1.32 bits per heavy atom. The third kappa shape index (κ3) is 3.96. The molecule has 0 bridgehead atoms. The maximum atomic E-state index is 12.8. The Bertz CT molecular complexity index is 967. The van der Waals surface area contributed by atoms with Gasteiger partial charge in [0.1, 0.15) is 0 Å². The number of aromatic amines is 1. The maximum absolute atomic E-state index is 12.8. The largest absolute Gasteiger partial charge is 0.466 e. The second-order valence-electron chi connectivity index (χ2n) is 5.33. The Morgan fingerprint density at radius 3 is 2.75 bits per heavy atom. The van der Waals surface area contributed by atoms with Gasteiger partial charge in [-0.05, 0) is 30.8 Å². The van der Waals surface area contributed by atoms with Crippen LogP contribution in [0.25, 0.3) is 0 Å². The number of amides is 1. The zero-order chi connectivity index (χ0) is 20.1. The number of nitrogens with one attached hydrogen (secondary N) is 1. The van der Waals surface area contributed by atoms with Crippen LogP contribution in [0, 0.1) is 0 Å². The molecule has 2 aromatic rings. The Balaban J connectivity index is 2.04. The summed E-state index contributed by atoms with van der Waals surface area (Å²) in [5.41, 5.74) is 0.626. The number of esters is 2. The lowest BCUT2D eigenvalue weighted by molar-refractivity contribution is -0.135. The van der Waals surface area contributed by atoms with Crippen LogP contribution >= 0.6 is 11.8 Å². The number of methoxy groups -OCH3 is 1. The van der Waals surface area contributed by atoms with Gasteiger partial charge in [0, 0.05) is 6.08 Å². The summed E-state index contributed by atoms with van der Waals surface area (Å²) < 4.78 is 9.58. The molecule has 0 atom stereocenters. The molecule has 10 heteroatoms. The minimum absolute atomic E-state index is 0.0702. The normalized spacial score (nSPS) is 16.6. The van der Waals surface area contributed by atoms with Crippen molar-refractivity contribution in [2.75, 3.05) is 18.6 Å². The first-order valence-corrected chi connectivity index (χ1v) is 9.03. The number of ether oxygens (including phenoxy) is 2.